The number of hydrogen-bond donors (Lipinski definition) is 1. The second kappa shape index (κ2) is 5.77. The van der Waals surface area contributed by atoms with Crippen LogP contribution in [0.25, 0.3) is 0 Å². The zero-order chi connectivity index (χ0) is 14.0. The summed E-state index contributed by atoms with van der Waals surface area (Å²) < 4.78 is 2.72. The lowest BCUT2D eigenvalue weighted by molar-refractivity contribution is -0.141. The predicted molar refractivity (Wildman–Crippen MR) is 74.1 cm³/mol. The number of carbonyl (C=O) groups is 2. The number of aryl methyl sites for hydroxylation is 1. The molecular weight excluding hydrogens is 312 g/mol. The van der Waals surface area contributed by atoms with Crippen molar-refractivity contribution < 1.29 is 14.7 Å². The maximum absolute atomic E-state index is 12.5. The standard InChI is InChI=1S/C13H17BrN2O3/c1-2-5-15-8-9(14)7-11(15)12(17)16-6-3-4-10(16)13(18)19/h7-8,10H,2-6H2,1H3,(H,18,19). The van der Waals surface area contributed by atoms with Crippen molar-refractivity contribution in [3.8, 4) is 0 Å². The molecule has 1 saturated heterocycles. The number of carbonyl (C=O) groups excluding carboxylic acids is 1. The monoisotopic (exact) mass is 328 g/mol. The van der Waals surface area contributed by atoms with Crippen LogP contribution in [0.2, 0.25) is 0 Å². The Labute approximate surface area is 120 Å². The van der Waals surface area contributed by atoms with Gasteiger partial charge in [0.05, 0.1) is 0 Å². The highest BCUT2D eigenvalue weighted by atomic mass is 79.9. The molecule has 19 heavy (non-hydrogen) atoms. The zero-order valence-corrected chi connectivity index (χ0v) is 12.4. The summed E-state index contributed by atoms with van der Waals surface area (Å²) >= 11 is 3.37. The van der Waals surface area contributed by atoms with Gasteiger partial charge in [0.25, 0.3) is 5.91 Å². The van der Waals surface area contributed by atoms with Crippen LogP contribution in [0.4, 0.5) is 0 Å². The highest BCUT2D eigenvalue weighted by Gasteiger charge is 2.35. The van der Waals surface area contributed by atoms with E-state index in [2.05, 4.69) is 15.9 Å². The largest absolute Gasteiger partial charge is 0.480 e. The van der Waals surface area contributed by atoms with Crippen molar-refractivity contribution in [2.24, 2.45) is 0 Å². The Morgan fingerprint density at radius 3 is 2.89 bits per heavy atom. The molecule has 1 unspecified atom stereocenters. The van der Waals surface area contributed by atoms with Crippen molar-refractivity contribution in [2.45, 2.75) is 38.8 Å². The minimum atomic E-state index is -0.918. The van der Waals surface area contributed by atoms with Gasteiger partial charge in [-0.05, 0) is 41.3 Å². The maximum atomic E-state index is 12.5. The fourth-order valence-corrected chi connectivity index (χ4v) is 2.96. The van der Waals surface area contributed by atoms with Crippen molar-refractivity contribution in [1.29, 1.82) is 0 Å². The maximum Gasteiger partial charge on any atom is 0.326 e. The smallest absolute Gasteiger partial charge is 0.326 e. The molecule has 6 heteroatoms. The molecule has 1 amide bonds. The zero-order valence-electron chi connectivity index (χ0n) is 10.8. The minimum Gasteiger partial charge on any atom is -0.480 e. The number of aromatic nitrogens is 1. The van der Waals surface area contributed by atoms with Gasteiger partial charge in [0, 0.05) is 23.8 Å². The highest BCUT2D eigenvalue weighted by Crippen LogP contribution is 2.23. The fourth-order valence-electron chi connectivity index (χ4n) is 2.49. The van der Waals surface area contributed by atoms with E-state index in [0.29, 0.717) is 18.7 Å². The quantitative estimate of drug-likeness (QED) is 0.922. The number of aliphatic carboxylic acids is 1. The molecule has 1 aliphatic rings. The summed E-state index contributed by atoms with van der Waals surface area (Å²) in [7, 11) is 0. The van der Waals surface area contributed by atoms with E-state index in [1.54, 1.807) is 6.07 Å². The van der Waals surface area contributed by atoms with Gasteiger partial charge in [0.1, 0.15) is 11.7 Å². The summed E-state index contributed by atoms with van der Waals surface area (Å²) in [6.07, 6.45) is 4.07. The first-order valence-corrected chi connectivity index (χ1v) is 7.23. The van der Waals surface area contributed by atoms with Crippen molar-refractivity contribution in [3.63, 3.8) is 0 Å². The Morgan fingerprint density at radius 1 is 1.53 bits per heavy atom. The van der Waals surface area contributed by atoms with Crippen molar-refractivity contribution >= 4 is 27.8 Å². The second-order valence-corrected chi connectivity index (χ2v) is 5.65. The molecule has 104 valence electrons. The normalized spacial score (nSPS) is 18.8. The van der Waals surface area contributed by atoms with Crippen LogP contribution < -0.4 is 0 Å². The van der Waals surface area contributed by atoms with E-state index in [1.807, 2.05) is 17.7 Å². The Morgan fingerprint density at radius 2 is 2.26 bits per heavy atom. The van der Waals surface area contributed by atoms with Crippen molar-refractivity contribution in [2.75, 3.05) is 6.54 Å². The third-order valence-corrected chi connectivity index (χ3v) is 3.78. The van der Waals surface area contributed by atoms with E-state index >= 15 is 0 Å². The number of nitrogens with zero attached hydrogens (tertiary/aromatic N) is 2. The molecule has 2 heterocycles. The number of hydrogen-bond acceptors (Lipinski definition) is 2. The first-order chi connectivity index (χ1) is 9.04. The average molecular weight is 329 g/mol. The Hall–Kier alpha value is -1.30. The van der Waals surface area contributed by atoms with Gasteiger partial charge >= 0.3 is 5.97 Å². The molecule has 0 aliphatic carbocycles. The summed E-state index contributed by atoms with van der Waals surface area (Å²) in [5.74, 6) is -1.11. The van der Waals surface area contributed by atoms with Crippen LogP contribution >= 0.6 is 15.9 Å². The van der Waals surface area contributed by atoms with E-state index < -0.39 is 12.0 Å². The Bertz CT molecular complexity index is 498. The van der Waals surface area contributed by atoms with Crippen LogP contribution in [0.5, 0.6) is 0 Å². The van der Waals surface area contributed by atoms with Gasteiger partial charge in [0.15, 0.2) is 0 Å². The molecule has 2 rings (SSSR count). The fraction of sp³-hybridized carbons (Fsp3) is 0.538. The molecule has 1 aromatic heterocycles. The van der Waals surface area contributed by atoms with Crippen molar-refractivity contribution in [3.05, 3.63) is 22.4 Å². The number of carboxylic acids is 1. The topological polar surface area (TPSA) is 62.5 Å². The van der Waals surface area contributed by atoms with Crippen LogP contribution in [0.1, 0.15) is 36.7 Å². The molecule has 0 spiro atoms. The van der Waals surface area contributed by atoms with Gasteiger partial charge in [-0.25, -0.2) is 4.79 Å². The molecule has 1 aromatic rings. The van der Waals surface area contributed by atoms with Crippen molar-refractivity contribution in [1.82, 2.24) is 9.47 Å². The molecule has 1 aliphatic heterocycles. The van der Waals surface area contributed by atoms with Crippen LogP contribution in [0, 0.1) is 0 Å². The molecule has 0 bridgehead atoms. The number of halogens is 1. The van der Waals surface area contributed by atoms with Gasteiger partial charge in [-0.1, -0.05) is 6.92 Å². The SMILES string of the molecule is CCCn1cc(Br)cc1C(=O)N1CCCC1C(=O)O. The summed E-state index contributed by atoms with van der Waals surface area (Å²) in [4.78, 5) is 25.1. The number of amides is 1. The van der Waals surface area contributed by atoms with E-state index in [4.69, 9.17) is 5.11 Å². The van der Waals surface area contributed by atoms with Crippen LogP contribution in [0.3, 0.4) is 0 Å². The first-order valence-electron chi connectivity index (χ1n) is 6.44. The molecule has 5 nitrogen and oxygen atoms in total. The average Bonchev–Trinajstić information content (AvgIpc) is 2.95. The first kappa shape index (κ1) is 14.1. The molecular formula is C13H17BrN2O3. The van der Waals surface area contributed by atoms with E-state index in [-0.39, 0.29) is 5.91 Å². The summed E-state index contributed by atoms with van der Waals surface area (Å²) in [5, 5.41) is 9.15. The van der Waals surface area contributed by atoms with Gasteiger partial charge < -0.3 is 14.6 Å². The predicted octanol–water partition coefficient (Wildman–Crippen LogP) is 2.35. The number of carboxylic acid groups (broad SMARTS) is 1. The summed E-state index contributed by atoms with van der Waals surface area (Å²) in [6.45, 7) is 3.31. The minimum absolute atomic E-state index is 0.191. The van der Waals surface area contributed by atoms with Gasteiger partial charge in [-0.15, -0.1) is 0 Å². The molecule has 0 saturated carbocycles. The second-order valence-electron chi connectivity index (χ2n) is 4.73. The summed E-state index contributed by atoms with van der Waals surface area (Å²) in [5.41, 5.74) is 0.557. The number of likely N-dealkylation sites (tertiary alicyclic amines) is 1. The van der Waals surface area contributed by atoms with Crippen LogP contribution in [-0.2, 0) is 11.3 Å². The third-order valence-electron chi connectivity index (χ3n) is 3.35. The lowest BCUT2D eigenvalue weighted by atomic mass is 10.2. The Kier molecular flexibility index (Phi) is 4.29. The molecule has 1 N–H and O–H groups in total. The summed E-state index contributed by atoms with van der Waals surface area (Å²) in [6, 6.07) is 1.08. The van der Waals surface area contributed by atoms with Gasteiger partial charge in [-0.2, -0.15) is 0 Å². The molecule has 0 aromatic carbocycles. The molecule has 0 radical (unpaired) electrons. The Balaban J connectivity index is 2.26. The lowest BCUT2D eigenvalue weighted by Crippen LogP contribution is -2.41. The van der Waals surface area contributed by atoms with Crippen LogP contribution in [0.15, 0.2) is 16.7 Å². The highest BCUT2D eigenvalue weighted by molar-refractivity contribution is 9.10. The molecule has 1 fully saturated rings. The number of rotatable bonds is 4. The lowest BCUT2D eigenvalue weighted by Gasteiger charge is -2.22. The van der Waals surface area contributed by atoms with Gasteiger partial charge in [0.2, 0.25) is 0 Å². The van der Waals surface area contributed by atoms with E-state index in [9.17, 15) is 9.59 Å². The van der Waals surface area contributed by atoms with Crippen LogP contribution in [-0.4, -0.2) is 39.0 Å². The van der Waals surface area contributed by atoms with E-state index in [1.165, 1.54) is 4.90 Å². The third kappa shape index (κ3) is 2.83. The molecule has 1 atom stereocenters. The van der Waals surface area contributed by atoms with E-state index in [0.717, 1.165) is 23.9 Å². The van der Waals surface area contributed by atoms with Gasteiger partial charge in [-0.3, -0.25) is 4.79 Å².